The number of benzene rings is 1. The molecule has 1 aromatic carbocycles. The quantitative estimate of drug-likeness (QED) is 0.590. The molecular weight excluding hydrogens is 382 g/mol. The number of ether oxygens (including phenoxy) is 2. The number of H-pyrrole nitrogens is 1. The number of aromatic nitrogens is 4. The van der Waals surface area contributed by atoms with Crippen molar-refractivity contribution in [2.75, 3.05) is 13.7 Å². The van der Waals surface area contributed by atoms with Crippen molar-refractivity contribution in [3.63, 3.8) is 0 Å². The first-order chi connectivity index (χ1) is 14.2. The molecule has 0 saturated heterocycles. The van der Waals surface area contributed by atoms with E-state index in [2.05, 4.69) is 41.3 Å². The molecule has 8 nitrogen and oxygen atoms in total. The maximum Gasteiger partial charge on any atom is 0.261 e. The molecule has 1 amide bonds. The third-order valence-electron chi connectivity index (χ3n) is 4.98. The highest BCUT2D eigenvalue weighted by atomic mass is 16.5. The molecule has 3 aromatic rings. The van der Waals surface area contributed by atoms with E-state index in [1.165, 1.54) is 0 Å². The lowest BCUT2D eigenvalue weighted by Crippen LogP contribution is -2.39. The summed E-state index contributed by atoms with van der Waals surface area (Å²) in [7, 11) is 1.61. The van der Waals surface area contributed by atoms with Gasteiger partial charge in [-0.2, -0.15) is 4.63 Å². The standard InChI is InChI=1S/C22H31N5O3/c1-7-17(30-16-10-8-15(29-6)9-11-16)21(28)23-13-14(2)20-24-19-12-18(22(3,4)5)25-27(19)26-20/h8-12,14,17,25H,7,13H2,1-6H3,(H,23,28). The molecule has 2 N–H and O–H groups in total. The summed E-state index contributed by atoms with van der Waals surface area (Å²) in [5, 5.41) is 10.8. The van der Waals surface area contributed by atoms with Crippen LogP contribution in [0.25, 0.3) is 5.65 Å². The second-order valence-electron chi connectivity index (χ2n) is 8.50. The first-order valence-corrected chi connectivity index (χ1v) is 10.3. The Balaban J connectivity index is 1.58. The first kappa shape index (κ1) is 21.7. The van der Waals surface area contributed by atoms with Crippen molar-refractivity contribution in [3.05, 3.63) is 41.9 Å². The van der Waals surface area contributed by atoms with E-state index in [9.17, 15) is 4.79 Å². The van der Waals surface area contributed by atoms with Crippen LogP contribution in [-0.2, 0) is 10.2 Å². The van der Waals surface area contributed by atoms with Crippen molar-refractivity contribution in [1.29, 1.82) is 0 Å². The number of methoxy groups -OCH3 is 1. The second-order valence-corrected chi connectivity index (χ2v) is 8.50. The highest BCUT2D eigenvalue weighted by Crippen LogP contribution is 2.22. The lowest BCUT2D eigenvalue weighted by molar-refractivity contribution is -0.128. The van der Waals surface area contributed by atoms with Crippen molar-refractivity contribution >= 4 is 11.6 Å². The fourth-order valence-electron chi connectivity index (χ4n) is 2.98. The van der Waals surface area contributed by atoms with Crippen LogP contribution in [0, 0.1) is 0 Å². The Hall–Kier alpha value is -3.03. The smallest absolute Gasteiger partial charge is 0.261 e. The number of fused-ring (bicyclic) bond motifs is 1. The number of rotatable bonds is 8. The Kier molecular flexibility index (Phi) is 6.34. The summed E-state index contributed by atoms with van der Waals surface area (Å²) in [6, 6.07) is 9.21. The minimum Gasteiger partial charge on any atom is -0.497 e. The molecule has 2 aromatic heterocycles. The monoisotopic (exact) mass is 413 g/mol. The summed E-state index contributed by atoms with van der Waals surface area (Å²) in [6.07, 6.45) is -0.00222. The molecule has 0 saturated carbocycles. The average molecular weight is 414 g/mol. The van der Waals surface area contributed by atoms with Gasteiger partial charge in [0.1, 0.15) is 11.5 Å². The van der Waals surface area contributed by atoms with Gasteiger partial charge in [0.2, 0.25) is 0 Å². The molecule has 2 unspecified atom stereocenters. The molecule has 0 radical (unpaired) electrons. The van der Waals surface area contributed by atoms with Crippen LogP contribution in [0.4, 0.5) is 0 Å². The van der Waals surface area contributed by atoms with E-state index in [1.807, 2.05) is 19.9 Å². The predicted molar refractivity (Wildman–Crippen MR) is 115 cm³/mol. The van der Waals surface area contributed by atoms with Gasteiger partial charge in [-0.05, 0) is 30.7 Å². The van der Waals surface area contributed by atoms with Crippen LogP contribution in [0.1, 0.15) is 58.5 Å². The zero-order valence-corrected chi connectivity index (χ0v) is 18.5. The number of hydrogen-bond donors (Lipinski definition) is 2. The van der Waals surface area contributed by atoms with Gasteiger partial charge in [-0.3, -0.25) is 9.89 Å². The molecule has 30 heavy (non-hydrogen) atoms. The zero-order valence-electron chi connectivity index (χ0n) is 18.5. The first-order valence-electron chi connectivity index (χ1n) is 10.3. The minimum absolute atomic E-state index is 0.00117. The molecular formula is C22H31N5O3. The fraction of sp³-hybridized carbons (Fsp3) is 0.500. The summed E-state index contributed by atoms with van der Waals surface area (Å²) in [5.74, 6) is 1.88. The van der Waals surface area contributed by atoms with Gasteiger partial charge in [-0.1, -0.05) is 34.6 Å². The van der Waals surface area contributed by atoms with Crippen LogP contribution >= 0.6 is 0 Å². The Morgan fingerprint density at radius 1 is 1.23 bits per heavy atom. The highest BCUT2D eigenvalue weighted by Gasteiger charge is 2.22. The number of aromatic amines is 1. The normalized spacial score (nSPS) is 13.8. The Bertz CT molecular complexity index is 953. The van der Waals surface area contributed by atoms with E-state index in [1.54, 1.807) is 36.0 Å². The molecule has 0 fully saturated rings. The van der Waals surface area contributed by atoms with E-state index in [0.29, 0.717) is 24.5 Å². The van der Waals surface area contributed by atoms with Gasteiger partial charge >= 0.3 is 0 Å². The molecule has 0 spiro atoms. The number of carbonyl (C=O) groups is 1. The molecule has 0 aliphatic rings. The molecule has 8 heteroatoms. The largest absolute Gasteiger partial charge is 0.497 e. The Morgan fingerprint density at radius 2 is 1.90 bits per heavy atom. The highest BCUT2D eigenvalue weighted by molar-refractivity contribution is 5.81. The molecule has 162 valence electrons. The summed E-state index contributed by atoms with van der Waals surface area (Å²) >= 11 is 0. The van der Waals surface area contributed by atoms with E-state index >= 15 is 0 Å². The maximum absolute atomic E-state index is 12.6. The lowest BCUT2D eigenvalue weighted by Gasteiger charge is -2.18. The zero-order chi connectivity index (χ0) is 21.9. The summed E-state index contributed by atoms with van der Waals surface area (Å²) in [5.41, 5.74) is 1.86. The van der Waals surface area contributed by atoms with Crippen molar-refractivity contribution in [1.82, 2.24) is 25.1 Å². The van der Waals surface area contributed by atoms with E-state index in [-0.39, 0.29) is 17.2 Å². The van der Waals surface area contributed by atoms with Gasteiger partial charge in [0.25, 0.3) is 5.91 Å². The molecule has 2 atom stereocenters. The van der Waals surface area contributed by atoms with Gasteiger partial charge in [-0.15, -0.1) is 5.10 Å². The van der Waals surface area contributed by atoms with Crippen molar-refractivity contribution in [3.8, 4) is 11.5 Å². The number of nitrogens with zero attached hydrogens (tertiary/aromatic N) is 3. The van der Waals surface area contributed by atoms with Gasteiger partial charge < -0.3 is 14.8 Å². The summed E-state index contributed by atoms with van der Waals surface area (Å²) < 4.78 is 12.7. The van der Waals surface area contributed by atoms with E-state index in [4.69, 9.17) is 9.47 Å². The van der Waals surface area contributed by atoms with Crippen LogP contribution in [0.3, 0.4) is 0 Å². The van der Waals surface area contributed by atoms with Gasteiger partial charge in [0.15, 0.2) is 17.6 Å². The minimum atomic E-state index is -0.565. The predicted octanol–water partition coefficient (Wildman–Crippen LogP) is 3.44. The lowest BCUT2D eigenvalue weighted by atomic mass is 9.93. The van der Waals surface area contributed by atoms with Crippen molar-refractivity contribution < 1.29 is 14.3 Å². The fourth-order valence-corrected chi connectivity index (χ4v) is 2.98. The van der Waals surface area contributed by atoms with E-state index < -0.39 is 6.10 Å². The Labute approximate surface area is 177 Å². The van der Waals surface area contributed by atoms with Crippen LogP contribution in [-0.4, -0.2) is 45.5 Å². The molecule has 2 heterocycles. The van der Waals surface area contributed by atoms with Crippen molar-refractivity contribution in [2.24, 2.45) is 0 Å². The van der Waals surface area contributed by atoms with Gasteiger partial charge in [0.05, 0.1) is 7.11 Å². The van der Waals surface area contributed by atoms with Crippen LogP contribution < -0.4 is 14.8 Å². The van der Waals surface area contributed by atoms with Gasteiger partial charge in [0, 0.05) is 29.6 Å². The molecule has 0 aliphatic carbocycles. The topological polar surface area (TPSA) is 93.5 Å². The molecule has 0 aliphatic heterocycles. The van der Waals surface area contributed by atoms with Crippen LogP contribution in [0.15, 0.2) is 30.3 Å². The maximum atomic E-state index is 12.6. The summed E-state index contributed by atoms with van der Waals surface area (Å²) in [6.45, 7) is 10.7. The number of hydrogen-bond acceptors (Lipinski definition) is 5. The third kappa shape index (κ3) is 4.93. The van der Waals surface area contributed by atoms with Crippen LogP contribution in [0.5, 0.6) is 11.5 Å². The number of amides is 1. The molecule has 3 rings (SSSR count). The van der Waals surface area contributed by atoms with Gasteiger partial charge in [-0.25, -0.2) is 4.98 Å². The van der Waals surface area contributed by atoms with E-state index in [0.717, 1.165) is 17.1 Å². The summed E-state index contributed by atoms with van der Waals surface area (Å²) in [4.78, 5) is 17.2. The second kappa shape index (κ2) is 8.77. The SMILES string of the molecule is CCC(Oc1ccc(OC)cc1)C(=O)NCC(C)c1nc2cc(C(C)(C)C)[nH]n2n1. The van der Waals surface area contributed by atoms with Crippen LogP contribution in [0.2, 0.25) is 0 Å². The number of nitrogens with one attached hydrogen (secondary N) is 2. The molecule has 0 bridgehead atoms. The van der Waals surface area contributed by atoms with Crippen molar-refractivity contribution in [2.45, 2.75) is 58.5 Å². The Morgan fingerprint density at radius 3 is 2.47 bits per heavy atom. The number of carbonyl (C=O) groups excluding carboxylic acids is 1. The third-order valence-corrected chi connectivity index (χ3v) is 4.98. The average Bonchev–Trinajstić information content (AvgIpc) is 3.30.